The molecule has 1 amide bonds. The first-order valence-corrected chi connectivity index (χ1v) is 7.13. The summed E-state index contributed by atoms with van der Waals surface area (Å²) in [7, 11) is 1.58. The maximum atomic E-state index is 12.9. The molecule has 8 heteroatoms. The molecule has 0 saturated carbocycles. The largest absolute Gasteiger partial charge is 0.497 e. The lowest BCUT2D eigenvalue weighted by atomic mass is 10.2. The van der Waals surface area contributed by atoms with Gasteiger partial charge in [-0.1, -0.05) is 12.1 Å². The van der Waals surface area contributed by atoms with Gasteiger partial charge in [0.25, 0.3) is 11.7 Å². The number of ether oxygens (including phenoxy) is 1. The van der Waals surface area contributed by atoms with Crippen LogP contribution in [0.5, 0.6) is 5.75 Å². The van der Waals surface area contributed by atoms with Crippen LogP contribution in [0.25, 0.3) is 5.69 Å². The molecular weight excluding hydrogens is 313 g/mol. The molecule has 1 N–H and O–H groups in total. The van der Waals surface area contributed by atoms with Gasteiger partial charge < -0.3 is 10.1 Å². The van der Waals surface area contributed by atoms with Gasteiger partial charge in [0.2, 0.25) is 0 Å². The van der Waals surface area contributed by atoms with Gasteiger partial charge in [-0.05, 0) is 47.2 Å². The molecule has 0 radical (unpaired) electrons. The first-order valence-electron chi connectivity index (χ1n) is 7.13. The molecule has 7 nitrogen and oxygen atoms in total. The summed E-state index contributed by atoms with van der Waals surface area (Å²) in [5.41, 5.74) is 1.39. The minimum atomic E-state index is -0.453. The van der Waals surface area contributed by atoms with Crippen LogP contribution >= 0.6 is 0 Å². The molecule has 24 heavy (non-hydrogen) atoms. The number of hydrogen-bond donors (Lipinski definition) is 1. The Balaban J connectivity index is 1.66. The molecule has 3 rings (SSSR count). The van der Waals surface area contributed by atoms with Crippen LogP contribution in [0.4, 0.5) is 4.39 Å². The zero-order chi connectivity index (χ0) is 16.9. The summed E-state index contributed by atoms with van der Waals surface area (Å²) in [4.78, 5) is 13.3. The molecule has 3 aromatic rings. The highest BCUT2D eigenvalue weighted by Gasteiger charge is 2.13. The number of hydrogen-bond acceptors (Lipinski definition) is 5. The molecule has 0 aliphatic rings. The summed E-state index contributed by atoms with van der Waals surface area (Å²) in [5, 5.41) is 14.2. The van der Waals surface area contributed by atoms with Gasteiger partial charge in [0.1, 0.15) is 11.6 Å². The highest BCUT2D eigenvalue weighted by Crippen LogP contribution is 2.12. The van der Waals surface area contributed by atoms with Gasteiger partial charge in [-0.2, -0.15) is 0 Å². The van der Waals surface area contributed by atoms with E-state index >= 15 is 0 Å². The molecule has 0 atom stereocenters. The molecule has 0 fully saturated rings. The zero-order valence-corrected chi connectivity index (χ0v) is 12.8. The van der Waals surface area contributed by atoms with E-state index in [9.17, 15) is 9.18 Å². The third-order valence-corrected chi connectivity index (χ3v) is 3.26. The van der Waals surface area contributed by atoms with Gasteiger partial charge in [-0.15, -0.1) is 15.0 Å². The highest BCUT2D eigenvalue weighted by molar-refractivity contribution is 5.90. The van der Waals surface area contributed by atoms with Crippen LogP contribution in [-0.4, -0.2) is 33.2 Å². The van der Waals surface area contributed by atoms with Crippen molar-refractivity contribution >= 4 is 5.91 Å². The topological polar surface area (TPSA) is 81.9 Å². The number of tetrazole rings is 1. The third kappa shape index (κ3) is 3.54. The quantitative estimate of drug-likeness (QED) is 0.772. The van der Waals surface area contributed by atoms with E-state index in [1.165, 1.54) is 29.1 Å². The third-order valence-electron chi connectivity index (χ3n) is 3.26. The Labute approximate surface area is 137 Å². The normalized spacial score (nSPS) is 10.4. The van der Waals surface area contributed by atoms with Crippen molar-refractivity contribution in [2.24, 2.45) is 0 Å². The maximum absolute atomic E-state index is 12.9. The number of benzene rings is 2. The molecule has 1 aromatic heterocycles. The van der Waals surface area contributed by atoms with E-state index in [0.29, 0.717) is 18.0 Å². The number of nitrogens with zero attached hydrogens (tertiary/aromatic N) is 4. The fourth-order valence-electron chi connectivity index (χ4n) is 2.03. The van der Waals surface area contributed by atoms with E-state index in [0.717, 1.165) is 5.56 Å². The van der Waals surface area contributed by atoms with Crippen molar-refractivity contribution in [3.63, 3.8) is 0 Å². The SMILES string of the molecule is COc1cccc(CNC(=O)c2nnn(-c3ccc(F)cc3)n2)c1. The van der Waals surface area contributed by atoms with Crippen LogP contribution in [0.1, 0.15) is 16.2 Å². The summed E-state index contributed by atoms with van der Waals surface area (Å²) >= 11 is 0. The standard InChI is InChI=1S/C16H14FN5O2/c1-24-14-4-2-3-11(9-14)10-18-16(23)15-19-21-22(20-15)13-7-5-12(17)6-8-13/h2-9H,10H2,1H3,(H,18,23). The lowest BCUT2D eigenvalue weighted by Gasteiger charge is -2.05. The van der Waals surface area contributed by atoms with E-state index in [1.807, 2.05) is 24.3 Å². The lowest BCUT2D eigenvalue weighted by molar-refractivity contribution is 0.0940. The van der Waals surface area contributed by atoms with Gasteiger partial charge in [0.15, 0.2) is 0 Å². The van der Waals surface area contributed by atoms with E-state index < -0.39 is 5.91 Å². The predicted octanol–water partition coefficient (Wildman–Crippen LogP) is 1.74. The second kappa shape index (κ2) is 6.86. The number of methoxy groups -OCH3 is 1. The van der Waals surface area contributed by atoms with Crippen LogP contribution in [0.2, 0.25) is 0 Å². The Morgan fingerprint density at radius 3 is 2.79 bits per heavy atom. The van der Waals surface area contributed by atoms with Crippen molar-refractivity contribution in [3.05, 3.63) is 65.7 Å². The summed E-state index contributed by atoms with van der Waals surface area (Å²) < 4.78 is 18.0. The number of aromatic nitrogens is 4. The molecule has 2 aromatic carbocycles. The van der Waals surface area contributed by atoms with Crippen LogP contribution in [-0.2, 0) is 6.54 Å². The van der Waals surface area contributed by atoms with Crippen LogP contribution in [0.3, 0.4) is 0 Å². The van der Waals surface area contributed by atoms with Gasteiger partial charge in [-0.3, -0.25) is 4.79 Å². The number of amides is 1. The van der Waals surface area contributed by atoms with Gasteiger partial charge in [0, 0.05) is 6.54 Å². The van der Waals surface area contributed by atoms with E-state index in [1.54, 1.807) is 7.11 Å². The number of carbonyl (C=O) groups excluding carboxylic acids is 1. The Morgan fingerprint density at radius 1 is 1.25 bits per heavy atom. The molecule has 0 saturated heterocycles. The fourth-order valence-corrected chi connectivity index (χ4v) is 2.03. The number of rotatable bonds is 5. The lowest BCUT2D eigenvalue weighted by Crippen LogP contribution is -2.24. The molecule has 1 heterocycles. The Bertz CT molecular complexity index is 848. The summed E-state index contributed by atoms with van der Waals surface area (Å²) in [6.45, 7) is 0.307. The van der Waals surface area contributed by atoms with Gasteiger partial charge >= 0.3 is 0 Å². The van der Waals surface area contributed by atoms with Crippen LogP contribution < -0.4 is 10.1 Å². The number of carbonyl (C=O) groups is 1. The molecule has 122 valence electrons. The average Bonchev–Trinajstić information content (AvgIpc) is 3.10. The molecule has 0 unspecified atom stereocenters. The van der Waals surface area contributed by atoms with E-state index in [2.05, 4.69) is 20.7 Å². The second-order valence-electron chi connectivity index (χ2n) is 4.91. The zero-order valence-electron chi connectivity index (χ0n) is 12.8. The second-order valence-corrected chi connectivity index (χ2v) is 4.91. The van der Waals surface area contributed by atoms with Crippen molar-refractivity contribution in [2.45, 2.75) is 6.54 Å². The number of nitrogens with one attached hydrogen (secondary N) is 1. The fraction of sp³-hybridized carbons (Fsp3) is 0.125. The van der Waals surface area contributed by atoms with Gasteiger partial charge in [-0.25, -0.2) is 4.39 Å². The summed E-state index contributed by atoms with van der Waals surface area (Å²) in [6, 6.07) is 12.9. The molecule has 0 spiro atoms. The van der Waals surface area contributed by atoms with Crippen LogP contribution in [0.15, 0.2) is 48.5 Å². The van der Waals surface area contributed by atoms with E-state index in [-0.39, 0.29) is 11.6 Å². The average molecular weight is 327 g/mol. The van der Waals surface area contributed by atoms with Crippen molar-refractivity contribution in [2.75, 3.05) is 7.11 Å². The molecule has 0 aliphatic carbocycles. The first kappa shape index (κ1) is 15.6. The minimum absolute atomic E-state index is 0.0674. The Hall–Kier alpha value is -3.29. The minimum Gasteiger partial charge on any atom is -0.497 e. The van der Waals surface area contributed by atoms with Crippen molar-refractivity contribution < 1.29 is 13.9 Å². The summed E-state index contributed by atoms with van der Waals surface area (Å²) in [5.74, 6) is -0.175. The smallest absolute Gasteiger partial charge is 0.293 e. The molecule has 0 aliphatic heterocycles. The molecular formula is C16H14FN5O2. The van der Waals surface area contributed by atoms with Crippen molar-refractivity contribution in [1.82, 2.24) is 25.5 Å². The number of halogens is 1. The van der Waals surface area contributed by atoms with Crippen LogP contribution in [0, 0.1) is 5.82 Å². The molecule has 0 bridgehead atoms. The van der Waals surface area contributed by atoms with E-state index in [4.69, 9.17) is 4.74 Å². The Morgan fingerprint density at radius 2 is 2.04 bits per heavy atom. The summed E-state index contributed by atoms with van der Waals surface area (Å²) in [6.07, 6.45) is 0. The highest BCUT2D eigenvalue weighted by atomic mass is 19.1. The monoisotopic (exact) mass is 327 g/mol. The predicted molar refractivity (Wildman–Crippen MR) is 83.3 cm³/mol. The maximum Gasteiger partial charge on any atom is 0.293 e. The van der Waals surface area contributed by atoms with Crippen molar-refractivity contribution in [1.29, 1.82) is 0 Å². The van der Waals surface area contributed by atoms with Gasteiger partial charge in [0.05, 0.1) is 12.8 Å². The Kier molecular flexibility index (Phi) is 4.46. The van der Waals surface area contributed by atoms with Crippen molar-refractivity contribution in [3.8, 4) is 11.4 Å². The first-order chi connectivity index (χ1) is 11.7.